The van der Waals surface area contributed by atoms with E-state index in [4.69, 9.17) is 4.74 Å². The van der Waals surface area contributed by atoms with Gasteiger partial charge in [0.1, 0.15) is 12.6 Å². The van der Waals surface area contributed by atoms with Crippen molar-refractivity contribution in [1.29, 1.82) is 0 Å². The van der Waals surface area contributed by atoms with E-state index in [1.807, 2.05) is 78.9 Å². The number of nitrogens with one attached hydrogen (secondary N) is 2. The summed E-state index contributed by atoms with van der Waals surface area (Å²) in [6.07, 6.45) is 0.866. The minimum absolute atomic E-state index is 0.123. The summed E-state index contributed by atoms with van der Waals surface area (Å²) in [6, 6.07) is 23.9. The molecule has 1 aliphatic rings. The normalized spacial score (nSPS) is 15.0. The molecule has 0 aliphatic carbocycles. The van der Waals surface area contributed by atoms with Crippen LogP contribution in [0.3, 0.4) is 0 Å². The molecule has 4 rings (SSSR count). The van der Waals surface area contributed by atoms with Crippen molar-refractivity contribution in [3.63, 3.8) is 0 Å². The molecule has 3 amide bonds. The Morgan fingerprint density at radius 3 is 2.38 bits per heavy atom. The maximum absolute atomic E-state index is 13.0. The Kier molecular flexibility index (Phi) is 7.22. The number of anilines is 2. The molecule has 0 unspecified atom stereocenters. The molecule has 1 heterocycles. The lowest BCUT2D eigenvalue weighted by Gasteiger charge is -2.23. The molecule has 34 heavy (non-hydrogen) atoms. The molecule has 174 valence electrons. The Morgan fingerprint density at radius 2 is 1.65 bits per heavy atom. The highest BCUT2D eigenvalue weighted by Gasteiger charge is 2.35. The van der Waals surface area contributed by atoms with Crippen molar-refractivity contribution in [2.75, 3.05) is 17.2 Å². The largest absolute Gasteiger partial charge is 0.445 e. The SMILES string of the molecule is CC(=O)Nc1ccc(-c2cccc(NC(=O)[C@@H]3CCCN3C(=O)OCc3ccccc3)c2)cc1. The molecule has 0 radical (unpaired) electrons. The number of hydrogen-bond acceptors (Lipinski definition) is 4. The first-order valence-corrected chi connectivity index (χ1v) is 11.3. The van der Waals surface area contributed by atoms with Gasteiger partial charge < -0.3 is 15.4 Å². The van der Waals surface area contributed by atoms with Crippen molar-refractivity contribution in [2.45, 2.75) is 32.4 Å². The van der Waals surface area contributed by atoms with E-state index in [1.165, 1.54) is 11.8 Å². The molecule has 1 atom stereocenters. The third-order valence-electron chi connectivity index (χ3n) is 5.66. The number of ether oxygens (including phenoxy) is 1. The number of hydrogen-bond donors (Lipinski definition) is 2. The van der Waals surface area contributed by atoms with Crippen LogP contribution in [0, 0.1) is 0 Å². The van der Waals surface area contributed by atoms with Crippen LogP contribution in [0.25, 0.3) is 11.1 Å². The lowest BCUT2D eigenvalue weighted by molar-refractivity contribution is -0.120. The van der Waals surface area contributed by atoms with Crippen LogP contribution in [0.1, 0.15) is 25.3 Å². The molecule has 2 N–H and O–H groups in total. The maximum Gasteiger partial charge on any atom is 0.410 e. The van der Waals surface area contributed by atoms with E-state index < -0.39 is 12.1 Å². The number of benzene rings is 3. The van der Waals surface area contributed by atoms with Crippen LogP contribution in [-0.4, -0.2) is 35.4 Å². The summed E-state index contributed by atoms with van der Waals surface area (Å²) in [5.74, 6) is -0.352. The monoisotopic (exact) mass is 457 g/mol. The molecular formula is C27H27N3O4. The number of likely N-dealkylation sites (tertiary alicyclic amines) is 1. The van der Waals surface area contributed by atoms with Gasteiger partial charge in [-0.25, -0.2) is 4.79 Å². The van der Waals surface area contributed by atoms with Gasteiger partial charge in [0.15, 0.2) is 0 Å². The molecule has 0 aromatic heterocycles. The lowest BCUT2D eigenvalue weighted by atomic mass is 10.0. The molecule has 0 bridgehead atoms. The topological polar surface area (TPSA) is 87.7 Å². The molecule has 0 spiro atoms. The fraction of sp³-hybridized carbons (Fsp3) is 0.222. The quantitative estimate of drug-likeness (QED) is 0.542. The van der Waals surface area contributed by atoms with Gasteiger partial charge in [0.2, 0.25) is 11.8 Å². The van der Waals surface area contributed by atoms with E-state index >= 15 is 0 Å². The third kappa shape index (κ3) is 5.81. The van der Waals surface area contributed by atoms with Gasteiger partial charge in [-0.3, -0.25) is 14.5 Å². The van der Waals surface area contributed by atoms with Gasteiger partial charge in [-0.2, -0.15) is 0 Å². The number of amides is 3. The zero-order valence-corrected chi connectivity index (χ0v) is 19.0. The molecule has 0 saturated carbocycles. The molecule has 1 saturated heterocycles. The number of rotatable bonds is 6. The second kappa shape index (κ2) is 10.7. The van der Waals surface area contributed by atoms with Gasteiger partial charge in [0, 0.05) is 24.8 Å². The molecule has 3 aromatic rings. The summed E-state index contributed by atoms with van der Waals surface area (Å²) in [5.41, 5.74) is 4.16. The van der Waals surface area contributed by atoms with Gasteiger partial charge in [0.25, 0.3) is 0 Å². The highest BCUT2D eigenvalue weighted by Crippen LogP contribution is 2.26. The first kappa shape index (κ1) is 23.0. The van der Waals surface area contributed by atoms with E-state index in [9.17, 15) is 14.4 Å². The van der Waals surface area contributed by atoms with Crippen molar-refractivity contribution in [3.05, 3.63) is 84.4 Å². The minimum Gasteiger partial charge on any atom is -0.445 e. The minimum atomic E-state index is -0.566. The zero-order valence-electron chi connectivity index (χ0n) is 19.0. The highest BCUT2D eigenvalue weighted by atomic mass is 16.6. The van der Waals surface area contributed by atoms with Crippen LogP contribution in [0.5, 0.6) is 0 Å². The van der Waals surface area contributed by atoms with Crippen LogP contribution in [-0.2, 0) is 20.9 Å². The average Bonchev–Trinajstić information content (AvgIpc) is 3.34. The molecule has 1 aliphatic heterocycles. The second-order valence-electron chi connectivity index (χ2n) is 8.22. The molecule has 7 heteroatoms. The summed E-state index contributed by atoms with van der Waals surface area (Å²) < 4.78 is 5.43. The fourth-order valence-electron chi connectivity index (χ4n) is 4.01. The lowest BCUT2D eigenvalue weighted by Crippen LogP contribution is -2.43. The van der Waals surface area contributed by atoms with Gasteiger partial charge >= 0.3 is 6.09 Å². The standard InChI is InChI=1S/C27H27N3O4/c1-19(31)28-23-14-12-21(13-15-23)22-9-5-10-24(17-22)29-26(32)25-11-6-16-30(25)27(33)34-18-20-7-3-2-4-8-20/h2-5,7-10,12-15,17,25H,6,11,16,18H2,1H3,(H,28,31)(H,29,32)/t25-/m0/s1. The number of carbonyl (C=O) groups is 3. The average molecular weight is 458 g/mol. The van der Waals surface area contributed by atoms with Crippen molar-refractivity contribution < 1.29 is 19.1 Å². The van der Waals surface area contributed by atoms with Gasteiger partial charge in [-0.05, 0) is 53.8 Å². The van der Waals surface area contributed by atoms with E-state index in [0.717, 1.165) is 28.8 Å². The molecule has 7 nitrogen and oxygen atoms in total. The van der Waals surface area contributed by atoms with E-state index in [2.05, 4.69) is 10.6 Å². The zero-order chi connectivity index (χ0) is 23.9. The first-order valence-electron chi connectivity index (χ1n) is 11.3. The summed E-state index contributed by atoms with van der Waals surface area (Å²) in [7, 11) is 0. The van der Waals surface area contributed by atoms with E-state index in [0.29, 0.717) is 18.7 Å². The second-order valence-corrected chi connectivity index (χ2v) is 8.22. The van der Waals surface area contributed by atoms with Crippen molar-refractivity contribution in [3.8, 4) is 11.1 Å². The van der Waals surface area contributed by atoms with Crippen molar-refractivity contribution in [2.24, 2.45) is 0 Å². The summed E-state index contributed by atoms with van der Waals surface area (Å²) in [5, 5.41) is 5.69. The summed E-state index contributed by atoms with van der Waals surface area (Å²) >= 11 is 0. The fourth-order valence-corrected chi connectivity index (χ4v) is 4.01. The van der Waals surface area contributed by atoms with Crippen LogP contribution < -0.4 is 10.6 Å². The van der Waals surface area contributed by atoms with Gasteiger partial charge in [-0.15, -0.1) is 0 Å². The smallest absolute Gasteiger partial charge is 0.410 e. The highest BCUT2D eigenvalue weighted by molar-refractivity contribution is 5.97. The third-order valence-corrected chi connectivity index (χ3v) is 5.66. The Hall–Kier alpha value is -4.13. The van der Waals surface area contributed by atoms with Gasteiger partial charge in [-0.1, -0.05) is 54.6 Å². The van der Waals surface area contributed by atoms with Crippen molar-refractivity contribution >= 4 is 29.3 Å². The number of carbonyl (C=O) groups excluding carboxylic acids is 3. The van der Waals surface area contributed by atoms with Crippen LogP contribution in [0.2, 0.25) is 0 Å². The van der Waals surface area contributed by atoms with Gasteiger partial charge in [0.05, 0.1) is 0 Å². The predicted molar refractivity (Wildman–Crippen MR) is 131 cm³/mol. The van der Waals surface area contributed by atoms with Crippen LogP contribution >= 0.6 is 0 Å². The Bertz CT molecular complexity index is 1160. The van der Waals surface area contributed by atoms with Crippen LogP contribution in [0.15, 0.2) is 78.9 Å². The Labute approximate surface area is 198 Å². The molecular weight excluding hydrogens is 430 g/mol. The first-order chi connectivity index (χ1) is 16.5. The van der Waals surface area contributed by atoms with Crippen molar-refractivity contribution in [1.82, 2.24) is 4.90 Å². The number of nitrogens with zero attached hydrogens (tertiary/aromatic N) is 1. The Balaban J connectivity index is 1.39. The molecule has 1 fully saturated rings. The van der Waals surface area contributed by atoms with E-state index in [-0.39, 0.29) is 18.4 Å². The summed E-state index contributed by atoms with van der Waals surface area (Å²) in [4.78, 5) is 38.3. The van der Waals surface area contributed by atoms with Crippen LogP contribution in [0.4, 0.5) is 16.2 Å². The maximum atomic E-state index is 13.0. The Morgan fingerprint density at radius 1 is 0.882 bits per heavy atom. The summed E-state index contributed by atoms with van der Waals surface area (Å²) in [6.45, 7) is 2.13. The molecule has 3 aromatic carbocycles. The predicted octanol–water partition coefficient (Wildman–Crippen LogP) is 5.05. The van der Waals surface area contributed by atoms with E-state index in [1.54, 1.807) is 0 Å².